The first-order chi connectivity index (χ1) is 9.78. The molecule has 0 saturated heterocycles. The Morgan fingerprint density at radius 3 is 2.60 bits per heavy atom. The first kappa shape index (κ1) is 13.2. The van der Waals surface area contributed by atoms with Gasteiger partial charge in [-0.2, -0.15) is 0 Å². The summed E-state index contributed by atoms with van der Waals surface area (Å²) in [6.45, 7) is 3.22. The van der Waals surface area contributed by atoms with Gasteiger partial charge in [0.05, 0.1) is 0 Å². The molecule has 0 bridgehead atoms. The van der Waals surface area contributed by atoms with Crippen LogP contribution in [0.5, 0.6) is 5.75 Å². The fraction of sp³-hybridized carbons (Fsp3) is 0.333. The number of rotatable bonds is 5. The molecule has 0 heterocycles. The molecule has 0 saturated carbocycles. The van der Waals surface area contributed by atoms with Gasteiger partial charge < -0.3 is 10.4 Å². The van der Waals surface area contributed by atoms with E-state index in [4.69, 9.17) is 0 Å². The highest BCUT2D eigenvalue weighted by atomic mass is 16.3. The van der Waals surface area contributed by atoms with Crippen molar-refractivity contribution in [2.24, 2.45) is 0 Å². The van der Waals surface area contributed by atoms with E-state index in [-0.39, 0.29) is 0 Å². The fourth-order valence-corrected chi connectivity index (χ4v) is 3.03. The summed E-state index contributed by atoms with van der Waals surface area (Å²) < 4.78 is 0. The molecule has 2 nitrogen and oxygen atoms in total. The SMILES string of the molecule is CCC(NCC1Cc2ccccc21)c1ccc(O)cc1. The van der Waals surface area contributed by atoms with E-state index < -0.39 is 0 Å². The predicted molar refractivity (Wildman–Crippen MR) is 82.0 cm³/mol. The van der Waals surface area contributed by atoms with Crippen molar-refractivity contribution in [3.8, 4) is 5.75 Å². The third-order valence-electron chi connectivity index (χ3n) is 4.28. The van der Waals surface area contributed by atoms with Gasteiger partial charge in [0.2, 0.25) is 0 Å². The molecule has 0 amide bonds. The van der Waals surface area contributed by atoms with E-state index >= 15 is 0 Å². The van der Waals surface area contributed by atoms with Crippen molar-refractivity contribution in [3.63, 3.8) is 0 Å². The van der Waals surface area contributed by atoms with Crippen LogP contribution in [0.25, 0.3) is 0 Å². The van der Waals surface area contributed by atoms with Crippen LogP contribution in [-0.4, -0.2) is 11.7 Å². The molecule has 20 heavy (non-hydrogen) atoms. The smallest absolute Gasteiger partial charge is 0.115 e. The van der Waals surface area contributed by atoms with Gasteiger partial charge in [0.15, 0.2) is 0 Å². The van der Waals surface area contributed by atoms with Crippen LogP contribution in [0.3, 0.4) is 0 Å². The van der Waals surface area contributed by atoms with Crippen molar-refractivity contribution >= 4 is 0 Å². The summed E-state index contributed by atoms with van der Waals surface area (Å²) in [4.78, 5) is 0. The number of nitrogens with one attached hydrogen (secondary N) is 1. The van der Waals surface area contributed by atoms with Crippen LogP contribution in [0.4, 0.5) is 0 Å². The van der Waals surface area contributed by atoms with Crippen LogP contribution in [0.1, 0.15) is 42.0 Å². The van der Waals surface area contributed by atoms with Gasteiger partial charge in [-0.1, -0.05) is 43.3 Å². The second kappa shape index (κ2) is 5.68. The summed E-state index contributed by atoms with van der Waals surface area (Å²) in [5.41, 5.74) is 4.25. The predicted octanol–water partition coefficient (Wildman–Crippen LogP) is 3.77. The van der Waals surface area contributed by atoms with E-state index in [0.717, 1.165) is 13.0 Å². The Hall–Kier alpha value is -1.80. The molecule has 104 valence electrons. The lowest BCUT2D eigenvalue weighted by Crippen LogP contribution is -2.31. The first-order valence-corrected chi connectivity index (χ1v) is 7.38. The maximum atomic E-state index is 9.37. The molecule has 2 aromatic rings. The fourth-order valence-electron chi connectivity index (χ4n) is 3.03. The zero-order valence-electron chi connectivity index (χ0n) is 11.8. The van der Waals surface area contributed by atoms with Crippen LogP contribution in [0, 0.1) is 0 Å². The minimum atomic E-state index is 0.330. The minimum Gasteiger partial charge on any atom is -0.508 e. The molecule has 2 aromatic carbocycles. The summed E-state index contributed by atoms with van der Waals surface area (Å²) in [6.07, 6.45) is 2.24. The van der Waals surface area contributed by atoms with E-state index in [1.807, 2.05) is 12.1 Å². The summed E-state index contributed by atoms with van der Waals surface area (Å²) in [6, 6.07) is 16.6. The zero-order chi connectivity index (χ0) is 13.9. The van der Waals surface area contributed by atoms with Gasteiger partial charge in [-0.25, -0.2) is 0 Å². The topological polar surface area (TPSA) is 32.3 Å². The van der Waals surface area contributed by atoms with Crippen molar-refractivity contribution in [3.05, 3.63) is 65.2 Å². The summed E-state index contributed by atoms with van der Waals surface area (Å²) in [5.74, 6) is 0.980. The first-order valence-electron chi connectivity index (χ1n) is 7.38. The minimum absolute atomic E-state index is 0.330. The molecular formula is C18H21NO. The molecule has 3 rings (SSSR count). The number of phenolic OH excluding ortho intramolecular Hbond substituents is 1. The highest BCUT2D eigenvalue weighted by Crippen LogP contribution is 2.34. The Labute approximate surface area is 120 Å². The number of hydrogen-bond acceptors (Lipinski definition) is 2. The lowest BCUT2D eigenvalue weighted by Gasteiger charge is -2.32. The Kier molecular flexibility index (Phi) is 3.75. The number of hydrogen-bond donors (Lipinski definition) is 2. The average molecular weight is 267 g/mol. The third kappa shape index (κ3) is 2.56. The van der Waals surface area contributed by atoms with Gasteiger partial charge in [-0.05, 0) is 41.7 Å². The van der Waals surface area contributed by atoms with Gasteiger partial charge >= 0.3 is 0 Å². The average Bonchev–Trinajstić information content (AvgIpc) is 2.45. The van der Waals surface area contributed by atoms with Crippen molar-refractivity contribution in [1.29, 1.82) is 0 Å². The van der Waals surface area contributed by atoms with E-state index in [9.17, 15) is 5.11 Å². The second-order valence-corrected chi connectivity index (χ2v) is 5.56. The molecule has 1 aliphatic carbocycles. The van der Waals surface area contributed by atoms with Crippen molar-refractivity contribution in [2.45, 2.75) is 31.7 Å². The monoisotopic (exact) mass is 267 g/mol. The molecule has 0 aliphatic heterocycles. The molecule has 1 aliphatic rings. The third-order valence-corrected chi connectivity index (χ3v) is 4.28. The molecule has 2 N–H and O–H groups in total. The summed E-state index contributed by atoms with van der Waals surface area (Å²) in [5, 5.41) is 13.0. The van der Waals surface area contributed by atoms with Gasteiger partial charge in [0, 0.05) is 18.5 Å². The molecule has 2 heteroatoms. The lowest BCUT2D eigenvalue weighted by atomic mass is 9.77. The van der Waals surface area contributed by atoms with Crippen molar-refractivity contribution in [1.82, 2.24) is 5.32 Å². The quantitative estimate of drug-likeness (QED) is 0.864. The van der Waals surface area contributed by atoms with Crippen LogP contribution < -0.4 is 5.32 Å². The van der Waals surface area contributed by atoms with Crippen molar-refractivity contribution < 1.29 is 5.11 Å². The highest BCUT2D eigenvalue weighted by molar-refractivity contribution is 5.40. The van der Waals surface area contributed by atoms with E-state index in [0.29, 0.717) is 17.7 Å². The number of fused-ring (bicyclic) bond motifs is 1. The second-order valence-electron chi connectivity index (χ2n) is 5.56. The number of benzene rings is 2. The molecule has 0 fully saturated rings. The Morgan fingerprint density at radius 1 is 1.15 bits per heavy atom. The lowest BCUT2D eigenvalue weighted by molar-refractivity contribution is 0.457. The van der Waals surface area contributed by atoms with Crippen molar-refractivity contribution in [2.75, 3.05) is 6.54 Å². The largest absolute Gasteiger partial charge is 0.508 e. The highest BCUT2D eigenvalue weighted by Gasteiger charge is 2.25. The number of phenols is 1. The summed E-state index contributed by atoms with van der Waals surface area (Å²) >= 11 is 0. The van der Waals surface area contributed by atoms with Crippen LogP contribution >= 0.6 is 0 Å². The number of aromatic hydroxyl groups is 1. The van der Waals surface area contributed by atoms with Gasteiger partial charge in [-0.3, -0.25) is 0 Å². The standard InChI is InChI=1S/C18H21NO/c1-2-18(13-7-9-16(20)10-8-13)19-12-15-11-14-5-3-4-6-17(14)15/h3-10,15,18-20H,2,11-12H2,1H3. The Balaban J connectivity index is 1.61. The van der Waals surface area contributed by atoms with E-state index in [1.165, 1.54) is 23.1 Å². The van der Waals surface area contributed by atoms with Gasteiger partial charge in [0.25, 0.3) is 0 Å². The van der Waals surface area contributed by atoms with E-state index in [1.54, 1.807) is 12.1 Å². The molecule has 2 atom stereocenters. The molecule has 0 radical (unpaired) electrons. The molecule has 2 unspecified atom stereocenters. The normalized spacial score (nSPS) is 18.1. The van der Waals surface area contributed by atoms with Gasteiger partial charge in [-0.15, -0.1) is 0 Å². The van der Waals surface area contributed by atoms with Crippen LogP contribution in [0.15, 0.2) is 48.5 Å². The van der Waals surface area contributed by atoms with E-state index in [2.05, 4.69) is 36.5 Å². The van der Waals surface area contributed by atoms with Crippen LogP contribution in [-0.2, 0) is 6.42 Å². The van der Waals surface area contributed by atoms with Gasteiger partial charge in [0.1, 0.15) is 5.75 Å². The Morgan fingerprint density at radius 2 is 1.90 bits per heavy atom. The zero-order valence-corrected chi connectivity index (χ0v) is 11.8. The molecule has 0 spiro atoms. The maximum absolute atomic E-state index is 9.37. The molecular weight excluding hydrogens is 246 g/mol. The summed E-state index contributed by atoms with van der Waals surface area (Å²) in [7, 11) is 0. The Bertz CT molecular complexity index is 576. The van der Waals surface area contributed by atoms with Crippen LogP contribution in [0.2, 0.25) is 0 Å². The molecule has 0 aromatic heterocycles. The maximum Gasteiger partial charge on any atom is 0.115 e.